The summed E-state index contributed by atoms with van der Waals surface area (Å²) in [7, 11) is 0. The summed E-state index contributed by atoms with van der Waals surface area (Å²) >= 11 is 0.834. The highest BCUT2D eigenvalue weighted by molar-refractivity contribution is 8.16. The molecule has 7 heteroatoms. The molecular weight excluding hydrogens is 352 g/mol. The average molecular weight is 370 g/mol. The van der Waals surface area contributed by atoms with E-state index in [1.54, 1.807) is 54.6 Å². The van der Waals surface area contributed by atoms with E-state index in [0.29, 0.717) is 23.7 Å². The second kappa shape index (κ2) is 7.61. The summed E-state index contributed by atoms with van der Waals surface area (Å²) in [4.78, 5) is 40.0. The van der Waals surface area contributed by atoms with Crippen molar-refractivity contribution < 1.29 is 19.1 Å². The number of nitrogens with zero attached hydrogens (tertiary/aromatic N) is 2. The Hall–Kier alpha value is -2.80. The van der Waals surface area contributed by atoms with Gasteiger partial charge in [-0.15, -0.1) is 0 Å². The van der Waals surface area contributed by atoms with Gasteiger partial charge in [-0.05, 0) is 55.1 Å². The van der Waals surface area contributed by atoms with Gasteiger partial charge in [0, 0.05) is 12.6 Å². The van der Waals surface area contributed by atoms with E-state index in [0.717, 1.165) is 16.7 Å². The van der Waals surface area contributed by atoms with Crippen molar-refractivity contribution in [2.24, 2.45) is 0 Å². The fourth-order valence-corrected chi connectivity index (χ4v) is 3.80. The number of benzene rings is 2. The van der Waals surface area contributed by atoms with Gasteiger partial charge in [0.15, 0.2) is 5.37 Å². The van der Waals surface area contributed by atoms with Gasteiger partial charge in [0.05, 0.1) is 12.3 Å². The molecule has 1 atom stereocenters. The van der Waals surface area contributed by atoms with Crippen LogP contribution in [-0.2, 0) is 9.59 Å². The molecule has 0 spiro atoms. The minimum atomic E-state index is -0.932. The van der Waals surface area contributed by atoms with Crippen LogP contribution in [0.5, 0.6) is 5.75 Å². The molecule has 1 heterocycles. The molecule has 1 fully saturated rings. The number of hydrogen-bond acceptors (Lipinski definition) is 5. The number of para-hydroxylation sites is 1. The fourth-order valence-electron chi connectivity index (χ4n) is 2.72. The van der Waals surface area contributed by atoms with Gasteiger partial charge in [0.2, 0.25) is 5.91 Å². The van der Waals surface area contributed by atoms with Crippen molar-refractivity contribution in [1.29, 1.82) is 0 Å². The van der Waals surface area contributed by atoms with Crippen molar-refractivity contribution in [3.05, 3.63) is 54.6 Å². The Bertz CT molecular complexity index is 823. The Morgan fingerprint density at radius 3 is 2.35 bits per heavy atom. The highest BCUT2D eigenvalue weighted by atomic mass is 32.2. The zero-order valence-electron chi connectivity index (χ0n) is 14.4. The van der Waals surface area contributed by atoms with E-state index in [-0.39, 0.29) is 5.91 Å². The maximum absolute atomic E-state index is 12.9. The zero-order valence-corrected chi connectivity index (χ0v) is 15.2. The quantitative estimate of drug-likeness (QED) is 0.803. The number of anilines is 2. The van der Waals surface area contributed by atoms with Crippen LogP contribution in [0, 0.1) is 0 Å². The van der Waals surface area contributed by atoms with Crippen molar-refractivity contribution in [3.8, 4) is 5.75 Å². The first-order chi connectivity index (χ1) is 12.5. The molecule has 2 aromatic rings. The Kier molecular flexibility index (Phi) is 5.27. The van der Waals surface area contributed by atoms with Gasteiger partial charge in [0.1, 0.15) is 5.75 Å². The van der Waals surface area contributed by atoms with Gasteiger partial charge in [-0.1, -0.05) is 18.2 Å². The van der Waals surface area contributed by atoms with E-state index < -0.39 is 16.5 Å². The van der Waals surface area contributed by atoms with Crippen LogP contribution in [-0.4, -0.2) is 29.0 Å². The standard InChI is InChI=1S/C19H18N2O4S/c1-3-25-16-11-9-15(10-12-16)20(13(2)22)18-17(23)21(19(24)26-18)14-7-5-4-6-8-14/h4-12,18H,3H2,1-2H3. The van der Waals surface area contributed by atoms with Crippen molar-refractivity contribution in [1.82, 2.24) is 0 Å². The van der Waals surface area contributed by atoms with Crippen molar-refractivity contribution >= 4 is 40.2 Å². The summed E-state index contributed by atoms with van der Waals surface area (Å²) in [5.74, 6) is -0.0786. The lowest BCUT2D eigenvalue weighted by Gasteiger charge is -2.25. The molecule has 3 rings (SSSR count). The number of rotatable bonds is 5. The van der Waals surface area contributed by atoms with E-state index in [2.05, 4.69) is 0 Å². The number of imide groups is 1. The first-order valence-electron chi connectivity index (χ1n) is 8.15. The molecule has 0 saturated carbocycles. The number of hydrogen-bond donors (Lipinski definition) is 0. The number of ether oxygens (including phenoxy) is 1. The molecule has 2 aromatic carbocycles. The smallest absolute Gasteiger partial charge is 0.295 e. The molecule has 6 nitrogen and oxygen atoms in total. The number of amides is 3. The zero-order chi connectivity index (χ0) is 18.7. The lowest BCUT2D eigenvalue weighted by molar-refractivity contribution is -0.121. The summed E-state index contributed by atoms with van der Waals surface area (Å²) in [6.45, 7) is 3.79. The van der Waals surface area contributed by atoms with Crippen molar-refractivity contribution in [3.63, 3.8) is 0 Å². The topological polar surface area (TPSA) is 66.9 Å². The molecule has 1 unspecified atom stereocenters. The molecule has 0 aliphatic carbocycles. The van der Waals surface area contributed by atoms with E-state index in [4.69, 9.17) is 4.74 Å². The maximum Gasteiger partial charge on any atom is 0.295 e. The maximum atomic E-state index is 12.9. The molecule has 1 aliphatic rings. The van der Waals surface area contributed by atoms with Gasteiger partial charge in [-0.2, -0.15) is 0 Å². The predicted molar refractivity (Wildman–Crippen MR) is 101 cm³/mol. The highest BCUT2D eigenvalue weighted by Gasteiger charge is 2.45. The SMILES string of the molecule is CCOc1ccc(N(C(C)=O)C2SC(=O)N(c3ccccc3)C2=O)cc1. The Morgan fingerprint density at radius 1 is 1.12 bits per heavy atom. The van der Waals surface area contributed by atoms with Crippen LogP contribution in [0.2, 0.25) is 0 Å². The van der Waals surface area contributed by atoms with E-state index >= 15 is 0 Å². The molecule has 3 amide bonds. The van der Waals surface area contributed by atoms with Crippen LogP contribution in [0.25, 0.3) is 0 Å². The molecule has 1 saturated heterocycles. The summed E-state index contributed by atoms with van der Waals surface area (Å²) in [5, 5.41) is -1.33. The van der Waals surface area contributed by atoms with Crippen LogP contribution in [0.4, 0.5) is 16.2 Å². The number of carbonyl (C=O) groups is 3. The van der Waals surface area contributed by atoms with Gasteiger partial charge < -0.3 is 4.74 Å². The molecule has 0 aromatic heterocycles. The van der Waals surface area contributed by atoms with Crippen molar-refractivity contribution in [2.45, 2.75) is 19.2 Å². The fraction of sp³-hybridized carbons (Fsp3) is 0.211. The third kappa shape index (κ3) is 3.43. The summed E-state index contributed by atoms with van der Waals surface area (Å²) < 4.78 is 5.40. The summed E-state index contributed by atoms with van der Waals surface area (Å²) in [6.07, 6.45) is 0. The van der Waals surface area contributed by atoms with Gasteiger partial charge in [-0.3, -0.25) is 19.3 Å². The van der Waals surface area contributed by atoms with Crippen molar-refractivity contribution in [2.75, 3.05) is 16.4 Å². The molecule has 0 N–H and O–H groups in total. The first kappa shape index (κ1) is 18.0. The van der Waals surface area contributed by atoms with Crippen LogP contribution >= 0.6 is 11.8 Å². The predicted octanol–water partition coefficient (Wildman–Crippen LogP) is 3.66. The molecule has 0 bridgehead atoms. The molecule has 26 heavy (non-hydrogen) atoms. The average Bonchev–Trinajstić information content (AvgIpc) is 2.91. The second-order valence-electron chi connectivity index (χ2n) is 5.56. The molecule has 1 aliphatic heterocycles. The van der Waals surface area contributed by atoms with Gasteiger partial charge in [0.25, 0.3) is 11.1 Å². The van der Waals surface area contributed by atoms with Crippen LogP contribution in [0.15, 0.2) is 54.6 Å². The largest absolute Gasteiger partial charge is 0.494 e. The number of carbonyl (C=O) groups excluding carboxylic acids is 3. The monoisotopic (exact) mass is 370 g/mol. The number of thioether (sulfide) groups is 1. The molecule has 0 radical (unpaired) electrons. The second-order valence-corrected chi connectivity index (χ2v) is 6.59. The first-order valence-corrected chi connectivity index (χ1v) is 9.03. The Labute approximate surface area is 155 Å². The van der Waals surface area contributed by atoms with Crippen LogP contribution in [0.3, 0.4) is 0 Å². The summed E-state index contributed by atoms with van der Waals surface area (Å²) in [5.41, 5.74) is 1.03. The Morgan fingerprint density at radius 2 is 1.77 bits per heavy atom. The third-order valence-corrected chi connectivity index (χ3v) is 4.86. The highest BCUT2D eigenvalue weighted by Crippen LogP contribution is 2.36. The third-order valence-electron chi connectivity index (χ3n) is 3.84. The van der Waals surface area contributed by atoms with E-state index in [1.165, 1.54) is 11.8 Å². The van der Waals surface area contributed by atoms with Gasteiger partial charge in [-0.25, -0.2) is 4.90 Å². The van der Waals surface area contributed by atoms with Crippen LogP contribution in [0.1, 0.15) is 13.8 Å². The molecular formula is C19H18N2O4S. The normalized spacial score (nSPS) is 16.7. The molecule has 134 valence electrons. The lowest BCUT2D eigenvalue weighted by atomic mass is 10.2. The minimum absolute atomic E-state index is 0.317. The lowest BCUT2D eigenvalue weighted by Crippen LogP contribution is -2.44. The van der Waals surface area contributed by atoms with E-state index in [9.17, 15) is 14.4 Å². The summed E-state index contributed by atoms with van der Waals surface area (Å²) in [6, 6.07) is 15.6. The minimum Gasteiger partial charge on any atom is -0.494 e. The van der Waals surface area contributed by atoms with Crippen LogP contribution < -0.4 is 14.5 Å². The Balaban J connectivity index is 1.90. The van der Waals surface area contributed by atoms with E-state index in [1.807, 2.05) is 6.92 Å². The van der Waals surface area contributed by atoms with Gasteiger partial charge >= 0.3 is 0 Å².